The van der Waals surface area contributed by atoms with Crippen molar-refractivity contribution in [1.82, 2.24) is 15.5 Å². The van der Waals surface area contributed by atoms with Crippen molar-refractivity contribution < 1.29 is 24.2 Å². The number of benzene rings is 1. The van der Waals surface area contributed by atoms with Gasteiger partial charge in [0, 0.05) is 44.8 Å². The fourth-order valence-electron chi connectivity index (χ4n) is 3.28. The Bertz CT molecular complexity index is 685. The Labute approximate surface area is 157 Å². The van der Waals surface area contributed by atoms with Crippen LogP contribution in [0.25, 0.3) is 0 Å². The molecule has 0 radical (unpaired) electrons. The number of amides is 4. The van der Waals surface area contributed by atoms with Gasteiger partial charge in [0.25, 0.3) is 0 Å². The molecule has 0 aromatic heterocycles. The summed E-state index contributed by atoms with van der Waals surface area (Å²) in [6.07, 6.45) is 1.18. The minimum atomic E-state index is -0.995. The van der Waals surface area contributed by atoms with Crippen LogP contribution in [0.4, 0.5) is 15.3 Å². The van der Waals surface area contributed by atoms with E-state index >= 15 is 0 Å². The van der Waals surface area contributed by atoms with Crippen molar-refractivity contribution >= 4 is 23.7 Å². The number of hydrogen-bond donors (Lipinski definition) is 3. The molecule has 9 heteroatoms. The van der Waals surface area contributed by atoms with E-state index in [1.165, 1.54) is 4.90 Å². The number of anilines is 1. The summed E-state index contributed by atoms with van der Waals surface area (Å²) in [5.41, 5.74) is 0.730. The molecular weight excluding hydrogens is 352 g/mol. The molecule has 2 saturated heterocycles. The van der Waals surface area contributed by atoms with Gasteiger partial charge in [-0.05, 0) is 37.1 Å². The van der Waals surface area contributed by atoms with E-state index in [9.17, 15) is 14.4 Å². The summed E-state index contributed by atoms with van der Waals surface area (Å²) in [6.45, 7) is 3.24. The van der Waals surface area contributed by atoms with Gasteiger partial charge in [-0.2, -0.15) is 0 Å². The normalized spacial score (nSPS) is 18.9. The maximum Gasteiger partial charge on any atom is 0.404 e. The minimum absolute atomic E-state index is 0.121. The minimum Gasteiger partial charge on any atom is -0.490 e. The number of hydrogen-bond acceptors (Lipinski definition) is 5. The van der Waals surface area contributed by atoms with Gasteiger partial charge in [-0.3, -0.25) is 15.0 Å². The van der Waals surface area contributed by atoms with Gasteiger partial charge < -0.3 is 20.1 Å². The van der Waals surface area contributed by atoms with Gasteiger partial charge in [-0.15, -0.1) is 0 Å². The van der Waals surface area contributed by atoms with E-state index in [1.54, 1.807) is 0 Å². The number of imide groups is 1. The zero-order chi connectivity index (χ0) is 19.2. The number of piperidine rings is 1. The molecule has 27 heavy (non-hydrogen) atoms. The molecule has 0 atom stereocenters. The first-order valence-corrected chi connectivity index (χ1v) is 9.08. The lowest BCUT2D eigenvalue weighted by Gasteiger charge is -2.32. The Morgan fingerprint density at radius 3 is 2.52 bits per heavy atom. The zero-order valence-corrected chi connectivity index (χ0v) is 15.0. The van der Waals surface area contributed by atoms with E-state index in [2.05, 4.69) is 15.5 Å². The van der Waals surface area contributed by atoms with Gasteiger partial charge in [-0.25, -0.2) is 9.59 Å². The van der Waals surface area contributed by atoms with Crippen molar-refractivity contribution in [2.24, 2.45) is 0 Å². The summed E-state index contributed by atoms with van der Waals surface area (Å²) in [5, 5.41) is 13.3. The van der Waals surface area contributed by atoms with Gasteiger partial charge in [0.2, 0.25) is 5.91 Å². The Balaban J connectivity index is 1.45. The first-order valence-electron chi connectivity index (χ1n) is 9.08. The highest BCUT2D eigenvalue weighted by Gasteiger charge is 2.24. The second kappa shape index (κ2) is 8.72. The number of ether oxygens (including phenoxy) is 1. The molecule has 146 valence electrons. The highest BCUT2D eigenvalue weighted by molar-refractivity contribution is 6.05. The third kappa shape index (κ3) is 5.33. The van der Waals surface area contributed by atoms with Gasteiger partial charge >= 0.3 is 12.1 Å². The monoisotopic (exact) mass is 376 g/mol. The second-order valence-corrected chi connectivity index (χ2v) is 6.64. The standard InChI is InChI=1S/C18H24N4O5/c23-16-7-11-22(17(24)20-16)13-1-3-14(4-2-13)27-15-5-9-21(10-6-15)12-8-19-18(25)26/h1-4,15,19H,5-12H2,(H,25,26)(H,20,23,24). The van der Waals surface area contributed by atoms with Crippen molar-refractivity contribution in [3.8, 4) is 5.75 Å². The number of nitrogens with one attached hydrogen (secondary N) is 2. The van der Waals surface area contributed by atoms with Crippen LogP contribution in [-0.4, -0.2) is 66.9 Å². The van der Waals surface area contributed by atoms with E-state index in [0.717, 1.165) is 37.4 Å². The summed E-state index contributed by atoms with van der Waals surface area (Å²) in [5.74, 6) is 0.500. The molecule has 4 amide bonds. The highest BCUT2D eigenvalue weighted by atomic mass is 16.5. The molecule has 0 aliphatic carbocycles. The maximum absolute atomic E-state index is 11.9. The molecule has 1 aromatic carbocycles. The topological polar surface area (TPSA) is 111 Å². The number of urea groups is 1. The van der Waals surface area contributed by atoms with Crippen LogP contribution in [-0.2, 0) is 4.79 Å². The quantitative estimate of drug-likeness (QED) is 0.689. The molecule has 0 saturated carbocycles. The third-order valence-electron chi connectivity index (χ3n) is 4.74. The Kier molecular flexibility index (Phi) is 6.12. The van der Waals surface area contributed by atoms with E-state index in [4.69, 9.17) is 9.84 Å². The Morgan fingerprint density at radius 2 is 1.89 bits per heavy atom. The van der Waals surface area contributed by atoms with E-state index in [0.29, 0.717) is 26.1 Å². The average molecular weight is 376 g/mol. The largest absolute Gasteiger partial charge is 0.490 e. The number of nitrogens with zero attached hydrogens (tertiary/aromatic N) is 2. The molecule has 1 aromatic rings. The molecule has 2 heterocycles. The van der Waals surface area contributed by atoms with Crippen LogP contribution in [0.15, 0.2) is 24.3 Å². The predicted molar refractivity (Wildman–Crippen MR) is 98.1 cm³/mol. The Hall–Kier alpha value is -2.81. The van der Waals surface area contributed by atoms with Crippen molar-refractivity contribution in [1.29, 1.82) is 0 Å². The molecule has 0 spiro atoms. The van der Waals surface area contributed by atoms with E-state index in [-0.39, 0.29) is 12.0 Å². The Morgan fingerprint density at radius 1 is 1.19 bits per heavy atom. The van der Waals surface area contributed by atoms with Crippen LogP contribution in [0.5, 0.6) is 5.75 Å². The van der Waals surface area contributed by atoms with Gasteiger partial charge in [0.05, 0.1) is 0 Å². The summed E-state index contributed by atoms with van der Waals surface area (Å²) < 4.78 is 6.02. The van der Waals surface area contributed by atoms with Crippen molar-refractivity contribution in [3.05, 3.63) is 24.3 Å². The third-order valence-corrected chi connectivity index (χ3v) is 4.74. The van der Waals surface area contributed by atoms with Crippen LogP contribution in [0, 0.1) is 0 Å². The van der Waals surface area contributed by atoms with Gasteiger partial charge in [0.15, 0.2) is 0 Å². The number of carbonyl (C=O) groups is 3. The first kappa shape index (κ1) is 19.0. The molecule has 9 nitrogen and oxygen atoms in total. The second-order valence-electron chi connectivity index (χ2n) is 6.64. The van der Waals surface area contributed by atoms with Gasteiger partial charge in [0.1, 0.15) is 11.9 Å². The average Bonchev–Trinajstić information content (AvgIpc) is 2.64. The van der Waals surface area contributed by atoms with Crippen LogP contribution in [0.3, 0.4) is 0 Å². The van der Waals surface area contributed by atoms with E-state index in [1.807, 2.05) is 24.3 Å². The fraction of sp³-hybridized carbons (Fsp3) is 0.500. The number of carboxylic acid groups (broad SMARTS) is 1. The zero-order valence-electron chi connectivity index (χ0n) is 15.0. The summed E-state index contributed by atoms with van der Waals surface area (Å²) in [6, 6.07) is 6.91. The van der Waals surface area contributed by atoms with Crippen LogP contribution >= 0.6 is 0 Å². The molecule has 3 rings (SSSR count). The maximum atomic E-state index is 11.9. The van der Waals surface area contributed by atoms with Crippen molar-refractivity contribution in [3.63, 3.8) is 0 Å². The highest BCUT2D eigenvalue weighted by Crippen LogP contribution is 2.24. The lowest BCUT2D eigenvalue weighted by atomic mass is 10.1. The molecule has 0 unspecified atom stereocenters. The molecule has 2 fully saturated rings. The molecular formula is C18H24N4O5. The SMILES string of the molecule is O=C(O)NCCN1CCC(Oc2ccc(N3CCC(=O)NC3=O)cc2)CC1. The summed E-state index contributed by atoms with van der Waals surface area (Å²) >= 11 is 0. The van der Waals surface area contributed by atoms with Crippen molar-refractivity contribution in [2.75, 3.05) is 37.6 Å². The fourth-order valence-corrected chi connectivity index (χ4v) is 3.28. The number of carbonyl (C=O) groups excluding carboxylic acids is 2. The number of rotatable bonds is 6. The predicted octanol–water partition coefficient (Wildman–Crippen LogP) is 1.24. The lowest BCUT2D eigenvalue weighted by Crippen LogP contribution is -2.49. The molecule has 0 bridgehead atoms. The molecule has 2 aliphatic heterocycles. The number of likely N-dealkylation sites (tertiary alicyclic amines) is 1. The van der Waals surface area contributed by atoms with Crippen molar-refractivity contribution in [2.45, 2.75) is 25.4 Å². The molecule has 3 N–H and O–H groups in total. The lowest BCUT2D eigenvalue weighted by molar-refractivity contribution is -0.120. The summed E-state index contributed by atoms with van der Waals surface area (Å²) in [4.78, 5) is 37.3. The van der Waals surface area contributed by atoms with Crippen LogP contribution < -0.4 is 20.3 Å². The smallest absolute Gasteiger partial charge is 0.404 e. The molecule has 2 aliphatic rings. The first-order chi connectivity index (χ1) is 13.0. The van der Waals surface area contributed by atoms with Crippen LogP contribution in [0.1, 0.15) is 19.3 Å². The summed E-state index contributed by atoms with van der Waals surface area (Å²) in [7, 11) is 0. The van der Waals surface area contributed by atoms with Crippen LogP contribution in [0.2, 0.25) is 0 Å². The van der Waals surface area contributed by atoms with E-state index < -0.39 is 12.1 Å². The van der Waals surface area contributed by atoms with Gasteiger partial charge in [-0.1, -0.05) is 0 Å².